The van der Waals surface area contributed by atoms with Gasteiger partial charge in [0.15, 0.2) is 5.76 Å². The molecule has 32 heavy (non-hydrogen) atoms. The van der Waals surface area contributed by atoms with Crippen molar-refractivity contribution >= 4 is 11.9 Å². The molecule has 2 aliphatic heterocycles. The Labute approximate surface area is 187 Å². The van der Waals surface area contributed by atoms with Crippen LogP contribution in [0, 0.1) is 0 Å². The highest BCUT2D eigenvalue weighted by Gasteiger charge is 2.34. The molecule has 0 fully saturated rings. The highest BCUT2D eigenvalue weighted by atomic mass is 16.5. The quantitative estimate of drug-likeness (QED) is 0.495. The maximum atomic E-state index is 13.0. The lowest BCUT2D eigenvalue weighted by Gasteiger charge is -2.34. The van der Waals surface area contributed by atoms with Crippen molar-refractivity contribution in [1.82, 2.24) is 4.90 Å². The van der Waals surface area contributed by atoms with Crippen molar-refractivity contribution in [2.45, 2.75) is 26.4 Å². The van der Waals surface area contributed by atoms with Crippen LogP contribution < -0.4 is 14.2 Å². The molecule has 5 nitrogen and oxygen atoms in total. The summed E-state index contributed by atoms with van der Waals surface area (Å²) in [7, 11) is 0. The normalized spacial score (nSPS) is 17.3. The van der Waals surface area contributed by atoms with E-state index in [-0.39, 0.29) is 11.8 Å². The molecule has 0 aromatic heterocycles. The average Bonchev–Trinajstić information content (AvgIpc) is 3.16. The maximum absolute atomic E-state index is 13.0. The number of hydrogen-bond donors (Lipinski definition) is 0. The van der Waals surface area contributed by atoms with Gasteiger partial charge in [-0.15, -0.1) is 0 Å². The van der Waals surface area contributed by atoms with Crippen molar-refractivity contribution in [3.8, 4) is 17.2 Å². The molecule has 0 saturated heterocycles. The van der Waals surface area contributed by atoms with E-state index in [1.165, 1.54) is 5.56 Å². The molecule has 5 rings (SSSR count). The van der Waals surface area contributed by atoms with Gasteiger partial charge in [-0.2, -0.15) is 0 Å². The van der Waals surface area contributed by atoms with Crippen molar-refractivity contribution in [2.75, 3.05) is 13.3 Å². The van der Waals surface area contributed by atoms with Gasteiger partial charge in [0, 0.05) is 12.6 Å². The number of fused-ring (bicyclic) bond motifs is 3. The molecule has 0 saturated carbocycles. The van der Waals surface area contributed by atoms with Crippen LogP contribution in [0.3, 0.4) is 0 Å². The number of allylic oxidation sites excluding steroid dienone is 1. The number of nitrogens with zero attached hydrogens (tertiary/aromatic N) is 1. The minimum absolute atomic E-state index is 0.107. The second kappa shape index (κ2) is 8.52. The summed E-state index contributed by atoms with van der Waals surface area (Å²) in [5.41, 5.74) is 3.60. The molecule has 3 aromatic carbocycles. The van der Waals surface area contributed by atoms with Crippen LogP contribution in [0.25, 0.3) is 6.08 Å². The van der Waals surface area contributed by atoms with Crippen LogP contribution in [0.1, 0.15) is 46.9 Å². The molecule has 162 valence electrons. The van der Waals surface area contributed by atoms with Gasteiger partial charge in [0.1, 0.15) is 24.0 Å². The number of hydrogen-bond acceptors (Lipinski definition) is 5. The third-order valence-corrected chi connectivity index (χ3v) is 5.96. The molecular formula is C27H25NO4. The number of ether oxygens (including phenoxy) is 3. The number of carbonyl (C=O) groups is 1. The van der Waals surface area contributed by atoms with Gasteiger partial charge in [0.25, 0.3) is 0 Å². The van der Waals surface area contributed by atoms with E-state index in [0.717, 1.165) is 22.6 Å². The molecule has 0 spiro atoms. The number of rotatable bonds is 5. The van der Waals surface area contributed by atoms with Crippen molar-refractivity contribution < 1.29 is 19.0 Å². The van der Waals surface area contributed by atoms with Crippen molar-refractivity contribution in [1.29, 1.82) is 0 Å². The van der Waals surface area contributed by atoms with Gasteiger partial charge in [0.05, 0.1) is 17.7 Å². The van der Waals surface area contributed by atoms with Crippen LogP contribution in [0.4, 0.5) is 0 Å². The molecule has 0 bridgehead atoms. The minimum atomic E-state index is -0.107. The van der Waals surface area contributed by atoms with Crippen LogP contribution in [-0.4, -0.2) is 24.0 Å². The molecule has 5 heteroatoms. The molecule has 0 N–H and O–H groups in total. The molecule has 1 unspecified atom stereocenters. The minimum Gasteiger partial charge on any atom is -0.494 e. The van der Waals surface area contributed by atoms with E-state index < -0.39 is 0 Å². The Morgan fingerprint density at radius 2 is 1.84 bits per heavy atom. The molecule has 3 aromatic rings. The highest BCUT2D eigenvalue weighted by Crippen LogP contribution is 2.43. The van der Waals surface area contributed by atoms with Crippen LogP contribution in [-0.2, 0) is 6.54 Å². The summed E-state index contributed by atoms with van der Waals surface area (Å²) < 4.78 is 17.6. The zero-order chi connectivity index (χ0) is 22.1. The van der Waals surface area contributed by atoms with E-state index in [0.29, 0.717) is 37.0 Å². The van der Waals surface area contributed by atoms with Crippen LogP contribution in [0.5, 0.6) is 17.2 Å². The highest BCUT2D eigenvalue weighted by molar-refractivity contribution is 6.15. The van der Waals surface area contributed by atoms with Crippen LogP contribution in [0.15, 0.2) is 72.5 Å². The molecule has 0 amide bonds. The molecule has 2 aliphatic rings. The summed E-state index contributed by atoms with van der Waals surface area (Å²) in [5.74, 6) is 2.40. The fraction of sp³-hybridized carbons (Fsp3) is 0.222. The second-order valence-electron chi connectivity index (χ2n) is 7.97. The standard InChI is InChI=1S/C27H25NO4/c1-3-30-21-11-9-19(10-12-21)15-25-26(29)22-13-14-24-23(27(22)32-25)16-28(17-31-24)18(2)20-7-5-4-6-8-20/h4-15,18H,3,16-17H2,1-2H3/b25-15-. The van der Waals surface area contributed by atoms with Gasteiger partial charge in [0.2, 0.25) is 5.78 Å². The largest absolute Gasteiger partial charge is 0.494 e. The number of Topliss-reactive ketones (excluding diaryl/α,β-unsaturated/α-hetero) is 1. The SMILES string of the molecule is CCOc1ccc(/C=C2\Oc3c(ccc4c3CN(C(C)c3ccccc3)CO4)C2=O)cc1. The van der Waals surface area contributed by atoms with Crippen molar-refractivity contribution in [3.63, 3.8) is 0 Å². The van der Waals surface area contributed by atoms with Gasteiger partial charge in [-0.25, -0.2) is 0 Å². The van der Waals surface area contributed by atoms with Gasteiger partial charge < -0.3 is 14.2 Å². The summed E-state index contributed by atoms with van der Waals surface area (Å²) in [6, 6.07) is 21.8. The predicted molar refractivity (Wildman–Crippen MR) is 123 cm³/mol. The summed E-state index contributed by atoms with van der Waals surface area (Å²) >= 11 is 0. The Kier molecular flexibility index (Phi) is 5.41. The Bertz CT molecular complexity index is 1170. The van der Waals surface area contributed by atoms with Gasteiger partial charge in [-0.1, -0.05) is 42.5 Å². The molecule has 1 atom stereocenters. The van der Waals surface area contributed by atoms with Crippen LogP contribution >= 0.6 is 0 Å². The Morgan fingerprint density at radius 3 is 2.59 bits per heavy atom. The number of ketones is 1. The van der Waals surface area contributed by atoms with Gasteiger partial charge in [-0.3, -0.25) is 9.69 Å². The molecule has 0 radical (unpaired) electrons. The molecule has 2 heterocycles. The van der Waals surface area contributed by atoms with E-state index in [9.17, 15) is 4.79 Å². The van der Waals surface area contributed by atoms with E-state index in [1.807, 2.05) is 55.5 Å². The Balaban J connectivity index is 1.41. The summed E-state index contributed by atoms with van der Waals surface area (Å²) in [4.78, 5) is 15.3. The first-order valence-electron chi connectivity index (χ1n) is 10.9. The monoisotopic (exact) mass is 427 g/mol. The second-order valence-corrected chi connectivity index (χ2v) is 7.97. The smallest absolute Gasteiger partial charge is 0.231 e. The lowest BCUT2D eigenvalue weighted by molar-refractivity contribution is 0.0606. The zero-order valence-corrected chi connectivity index (χ0v) is 18.2. The lowest BCUT2D eigenvalue weighted by Crippen LogP contribution is -2.34. The van der Waals surface area contributed by atoms with Crippen molar-refractivity contribution in [3.05, 3.63) is 94.7 Å². The maximum Gasteiger partial charge on any atom is 0.231 e. The van der Waals surface area contributed by atoms with Gasteiger partial charge in [-0.05, 0) is 55.3 Å². The molecular weight excluding hydrogens is 402 g/mol. The molecule has 0 aliphatic carbocycles. The first-order chi connectivity index (χ1) is 15.6. The van der Waals surface area contributed by atoms with E-state index in [4.69, 9.17) is 14.2 Å². The van der Waals surface area contributed by atoms with Gasteiger partial charge >= 0.3 is 0 Å². The van der Waals surface area contributed by atoms with Crippen LogP contribution in [0.2, 0.25) is 0 Å². The third kappa shape index (κ3) is 3.76. The number of carbonyl (C=O) groups excluding carboxylic acids is 1. The third-order valence-electron chi connectivity index (χ3n) is 5.96. The van der Waals surface area contributed by atoms with E-state index in [2.05, 4.69) is 24.0 Å². The number of benzene rings is 3. The fourth-order valence-electron chi connectivity index (χ4n) is 4.14. The zero-order valence-electron chi connectivity index (χ0n) is 18.2. The topological polar surface area (TPSA) is 48.0 Å². The predicted octanol–water partition coefficient (Wildman–Crippen LogP) is 5.61. The summed E-state index contributed by atoms with van der Waals surface area (Å²) in [6.07, 6.45) is 1.78. The first kappa shape index (κ1) is 20.3. The summed E-state index contributed by atoms with van der Waals surface area (Å²) in [6.45, 7) is 5.87. The van der Waals surface area contributed by atoms with Crippen molar-refractivity contribution in [2.24, 2.45) is 0 Å². The average molecular weight is 428 g/mol. The van der Waals surface area contributed by atoms with E-state index >= 15 is 0 Å². The summed E-state index contributed by atoms with van der Waals surface area (Å²) in [5, 5.41) is 0. The lowest BCUT2D eigenvalue weighted by atomic mass is 10.0. The fourth-order valence-corrected chi connectivity index (χ4v) is 4.14. The van der Waals surface area contributed by atoms with E-state index in [1.54, 1.807) is 12.1 Å². The Hall–Kier alpha value is -3.57. The Morgan fingerprint density at radius 1 is 1.06 bits per heavy atom. The first-order valence-corrected chi connectivity index (χ1v) is 10.9.